The fourth-order valence-corrected chi connectivity index (χ4v) is 5.84. The summed E-state index contributed by atoms with van der Waals surface area (Å²) in [5.74, 6) is 2.52. The van der Waals surface area contributed by atoms with Gasteiger partial charge in [-0.05, 0) is 102 Å². The molecule has 0 spiro atoms. The molecule has 9 heteroatoms. The highest BCUT2D eigenvalue weighted by molar-refractivity contribution is 14.1. The topological polar surface area (TPSA) is 98.7 Å². The summed E-state index contributed by atoms with van der Waals surface area (Å²) in [5, 5.41) is 14.6. The number of aromatic nitrogens is 2. The van der Waals surface area contributed by atoms with E-state index in [9.17, 15) is 10.1 Å². The first kappa shape index (κ1) is 31.7. The third kappa shape index (κ3) is 6.71. The van der Waals surface area contributed by atoms with Crippen molar-refractivity contribution >= 4 is 39.7 Å². The van der Waals surface area contributed by atoms with Crippen LogP contribution in [0, 0.1) is 21.8 Å². The molecule has 4 aromatic carbocycles. The monoisotopic (exact) mass is 712 g/mol. The zero-order chi connectivity index (χ0) is 32.1. The van der Waals surface area contributed by atoms with E-state index < -0.39 is 0 Å². The van der Waals surface area contributed by atoms with Crippen molar-refractivity contribution in [3.05, 3.63) is 115 Å². The largest absolute Gasteiger partial charge is 0.494 e. The summed E-state index contributed by atoms with van der Waals surface area (Å²) >= 11 is 2.18. The lowest BCUT2D eigenvalue weighted by molar-refractivity contribution is 0.282. The van der Waals surface area contributed by atoms with E-state index in [0.29, 0.717) is 46.0 Å². The van der Waals surface area contributed by atoms with Gasteiger partial charge in [-0.25, -0.2) is 4.98 Å². The van der Waals surface area contributed by atoms with Crippen molar-refractivity contribution in [1.29, 1.82) is 5.26 Å². The minimum atomic E-state index is -0.274. The number of hydrogen-bond donors (Lipinski definition) is 0. The maximum Gasteiger partial charge on any atom is 0.282 e. The summed E-state index contributed by atoms with van der Waals surface area (Å²) < 4.78 is 19.9. The summed E-state index contributed by atoms with van der Waals surface area (Å²) in [4.78, 5) is 18.8. The number of halogens is 1. The van der Waals surface area contributed by atoms with Gasteiger partial charge in [0.15, 0.2) is 17.3 Å². The number of para-hydroxylation sites is 1. The summed E-state index contributed by atoms with van der Waals surface area (Å²) in [6, 6.07) is 24.6. The lowest BCUT2D eigenvalue weighted by atomic mass is 9.96. The lowest BCUT2D eigenvalue weighted by Crippen LogP contribution is -2.21. The molecule has 0 atom stereocenters. The molecule has 0 aliphatic rings. The van der Waals surface area contributed by atoms with Gasteiger partial charge in [-0.15, -0.1) is 0 Å². The number of ether oxygens (including phenoxy) is 3. The number of nitriles is 1. The van der Waals surface area contributed by atoms with Crippen molar-refractivity contribution in [3.63, 3.8) is 0 Å². The number of rotatable bonds is 10. The van der Waals surface area contributed by atoms with E-state index in [4.69, 9.17) is 19.2 Å². The highest BCUT2D eigenvalue weighted by atomic mass is 127. The fourth-order valence-electron chi connectivity index (χ4n) is 5.06. The average Bonchev–Trinajstić information content (AvgIpc) is 3.03. The summed E-state index contributed by atoms with van der Waals surface area (Å²) in [6.07, 6.45) is 1.62. The van der Waals surface area contributed by atoms with Gasteiger partial charge in [-0.1, -0.05) is 44.2 Å². The predicted octanol–water partition coefficient (Wildman–Crippen LogP) is 7.84. The molecule has 0 radical (unpaired) electrons. The van der Waals surface area contributed by atoms with Crippen LogP contribution in [-0.4, -0.2) is 29.6 Å². The minimum Gasteiger partial charge on any atom is -0.494 e. The fraction of sp³-hybridized carbons (Fsp3) is 0.222. The summed E-state index contributed by atoms with van der Waals surface area (Å²) in [7, 11) is 1.57. The summed E-state index contributed by atoms with van der Waals surface area (Å²) in [5.41, 5.74) is 5.12. The molecule has 1 heterocycles. The zero-order valence-electron chi connectivity index (χ0n) is 25.8. The molecule has 5 aromatic rings. The lowest BCUT2D eigenvalue weighted by Gasteiger charge is -2.18. The highest BCUT2D eigenvalue weighted by Gasteiger charge is 2.19. The number of methoxy groups -OCH3 is 1. The molecule has 0 saturated carbocycles. The van der Waals surface area contributed by atoms with Crippen LogP contribution in [0.1, 0.15) is 54.5 Å². The van der Waals surface area contributed by atoms with Crippen LogP contribution in [0.4, 0.5) is 0 Å². The first-order chi connectivity index (χ1) is 21.7. The molecule has 45 heavy (non-hydrogen) atoms. The van der Waals surface area contributed by atoms with E-state index in [1.165, 1.54) is 4.68 Å². The van der Waals surface area contributed by atoms with Gasteiger partial charge in [0.2, 0.25) is 0 Å². The highest BCUT2D eigenvalue weighted by Crippen LogP contribution is 2.36. The molecule has 1 aromatic heterocycles. The Morgan fingerprint density at radius 3 is 2.53 bits per heavy atom. The van der Waals surface area contributed by atoms with Gasteiger partial charge < -0.3 is 14.2 Å². The second kappa shape index (κ2) is 13.9. The number of fused-ring (bicyclic) bond motifs is 1. The molecule has 0 saturated heterocycles. The summed E-state index contributed by atoms with van der Waals surface area (Å²) in [6.45, 7) is 8.94. The van der Waals surface area contributed by atoms with Crippen molar-refractivity contribution < 1.29 is 14.2 Å². The molecular formula is C36H33IN4O4. The van der Waals surface area contributed by atoms with E-state index in [1.807, 2.05) is 62.4 Å². The van der Waals surface area contributed by atoms with Gasteiger partial charge in [0, 0.05) is 11.1 Å². The van der Waals surface area contributed by atoms with Crippen molar-refractivity contribution in [3.8, 4) is 34.7 Å². The molecule has 5 rings (SSSR count). The second-order valence-corrected chi connectivity index (χ2v) is 11.9. The van der Waals surface area contributed by atoms with Gasteiger partial charge in [0.05, 0.1) is 46.0 Å². The number of benzene rings is 4. The molecular weight excluding hydrogens is 679 g/mol. The maximum atomic E-state index is 13.9. The Bertz CT molecular complexity index is 2010. The van der Waals surface area contributed by atoms with Crippen LogP contribution < -0.4 is 19.8 Å². The molecule has 0 N–H and O–H groups in total. The minimum absolute atomic E-state index is 0.193. The maximum absolute atomic E-state index is 13.9. The standard InChI is InChI=1S/C36H33IN4O4/c1-6-44-32-15-23(4)29(18-28(32)22(2)3)35-40-31-14-10-9-13-27(31)36(42)41(35)39-20-24-16-30(37)34(33(17-24)43-5)45-21-26-12-8-7-11-25(26)19-38/h7-18,20,22H,6,21H2,1-5H3. The number of hydrogen-bond acceptors (Lipinski definition) is 7. The Balaban J connectivity index is 1.59. The first-order valence-corrected chi connectivity index (χ1v) is 15.7. The van der Waals surface area contributed by atoms with E-state index in [2.05, 4.69) is 53.7 Å². The molecule has 0 amide bonds. The van der Waals surface area contributed by atoms with Crippen LogP contribution >= 0.6 is 22.6 Å². The van der Waals surface area contributed by atoms with E-state index in [1.54, 1.807) is 31.5 Å². The normalized spacial score (nSPS) is 11.2. The number of aryl methyl sites for hydroxylation is 1. The van der Waals surface area contributed by atoms with Crippen molar-refractivity contribution in [2.45, 2.75) is 40.2 Å². The van der Waals surface area contributed by atoms with Crippen LogP contribution in [0.2, 0.25) is 0 Å². The molecule has 0 aliphatic carbocycles. The number of nitrogens with zero attached hydrogens (tertiary/aromatic N) is 4. The Labute approximate surface area is 276 Å². The quantitative estimate of drug-likeness (QED) is 0.108. The Morgan fingerprint density at radius 1 is 1.04 bits per heavy atom. The van der Waals surface area contributed by atoms with Crippen molar-refractivity contribution in [2.75, 3.05) is 13.7 Å². The van der Waals surface area contributed by atoms with Crippen LogP contribution in [0.3, 0.4) is 0 Å². The molecule has 0 bridgehead atoms. The van der Waals surface area contributed by atoms with E-state index in [0.717, 1.165) is 31.6 Å². The SMILES string of the molecule is CCOc1cc(C)c(-c2nc3ccccc3c(=O)n2N=Cc2cc(I)c(OCc3ccccc3C#N)c(OC)c2)cc1C(C)C. The van der Waals surface area contributed by atoms with Gasteiger partial charge >= 0.3 is 0 Å². The van der Waals surface area contributed by atoms with Gasteiger partial charge in [0.1, 0.15) is 12.4 Å². The Hall–Kier alpha value is -4.69. The van der Waals surface area contributed by atoms with Gasteiger partial charge in [-0.3, -0.25) is 4.79 Å². The van der Waals surface area contributed by atoms with Crippen LogP contribution in [-0.2, 0) is 6.61 Å². The Kier molecular flexibility index (Phi) is 9.83. The van der Waals surface area contributed by atoms with Crippen LogP contribution in [0.25, 0.3) is 22.3 Å². The van der Waals surface area contributed by atoms with Crippen LogP contribution in [0.15, 0.2) is 82.7 Å². The zero-order valence-corrected chi connectivity index (χ0v) is 28.0. The molecule has 8 nitrogen and oxygen atoms in total. The van der Waals surface area contributed by atoms with Gasteiger partial charge in [-0.2, -0.15) is 15.0 Å². The second-order valence-electron chi connectivity index (χ2n) is 10.7. The Morgan fingerprint density at radius 2 is 1.80 bits per heavy atom. The molecule has 0 fully saturated rings. The third-order valence-corrected chi connectivity index (χ3v) is 8.16. The first-order valence-electron chi connectivity index (χ1n) is 14.6. The van der Waals surface area contributed by atoms with Gasteiger partial charge in [0.25, 0.3) is 5.56 Å². The molecule has 0 unspecified atom stereocenters. The van der Waals surface area contributed by atoms with Crippen molar-refractivity contribution in [1.82, 2.24) is 9.66 Å². The smallest absolute Gasteiger partial charge is 0.282 e. The molecule has 228 valence electrons. The molecule has 0 aliphatic heterocycles. The van der Waals surface area contributed by atoms with Crippen molar-refractivity contribution in [2.24, 2.45) is 5.10 Å². The average molecular weight is 713 g/mol. The van der Waals surface area contributed by atoms with E-state index in [-0.39, 0.29) is 18.1 Å². The third-order valence-electron chi connectivity index (χ3n) is 7.36. The predicted molar refractivity (Wildman–Crippen MR) is 186 cm³/mol. The van der Waals surface area contributed by atoms with Crippen LogP contribution in [0.5, 0.6) is 17.2 Å². The van der Waals surface area contributed by atoms with E-state index >= 15 is 0 Å².